The molecule has 0 bridgehead atoms. The average molecular weight is 175 g/mol. The van der Waals surface area contributed by atoms with Crippen LogP contribution in [-0.2, 0) is 6.42 Å². The molecule has 3 heteroatoms. The zero-order valence-corrected chi connectivity index (χ0v) is 6.61. The molecule has 0 aliphatic rings. The van der Waals surface area contributed by atoms with Gasteiger partial charge in [0.05, 0.1) is 0 Å². The third-order valence-electron chi connectivity index (χ3n) is 1.42. The Morgan fingerprint density at radius 1 is 1.45 bits per heavy atom. The maximum atomic E-state index is 12.8. The van der Waals surface area contributed by atoms with Crippen LogP contribution in [0.5, 0.6) is 0 Å². The highest BCUT2D eigenvalue weighted by molar-refractivity contribution is 6.31. The monoisotopic (exact) mass is 174 g/mol. The van der Waals surface area contributed by atoms with Crippen molar-refractivity contribution in [2.45, 2.75) is 6.42 Å². The zero-order chi connectivity index (χ0) is 8.27. The standard InChI is InChI=1S/C8H8ClFO/c9-7-2-1-3-8(10)6(7)4-5-11/h1-3,11H,4-5H2. The van der Waals surface area contributed by atoms with Crippen molar-refractivity contribution in [3.05, 3.63) is 34.6 Å². The van der Waals surface area contributed by atoms with Crippen LogP contribution >= 0.6 is 11.6 Å². The molecule has 0 saturated heterocycles. The van der Waals surface area contributed by atoms with E-state index < -0.39 is 0 Å². The van der Waals surface area contributed by atoms with Crippen molar-refractivity contribution in [3.8, 4) is 0 Å². The van der Waals surface area contributed by atoms with Gasteiger partial charge < -0.3 is 5.11 Å². The van der Waals surface area contributed by atoms with Gasteiger partial charge in [-0.25, -0.2) is 4.39 Å². The van der Waals surface area contributed by atoms with Gasteiger partial charge >= 0.3 is 0 Å². The van der Waals surface area contributed by atoms with Crippen LogP contribution in [0.4, 0.5) is 4.39 Å². The SMILES string of the molecule is OCCc1c(F)cccc1Cl. The zero-order valence-electron chi connectivity index (χ0n) is 5.85. The Morgan fingerprint density at radius 3 is 2.73 bits per heavy atom. The molecule has 1 aromatic carbocycles. The molecule has 1 nitrogen and oxygen atoms in total. The molecule has 1 rings (SSSR count). The molecule has 0 fully saturated rings. The summed E-state index contributed by atoms with van der Waals surface area (Å²) in [6, 6.07) is 4.48. The molecule has 0 radical (unpaired) electrons. The molecule has 1 N–H and O–H groups in total. The van der Waals surface area contributed by atoms with Gasteiger partial charge in [-0.1, -0.05) is 17.7 Å². The maximum absolute atomic E-state index is 12.8. The first-order valence-corrected chi connectivity index (χ1v) is 3.67. The molecule has 1 aromatic rings. The summed E-state index contributed by atoms with van der Waals surface area (Å²) in [4.78, 5) is 0. The number of hydrogen-bond donors (Lipinski definition) is 1. The number of halogens is 2. The van der Waals surface area contributed by atoms with Crippen molar-refractivity contribution in [1.29, 1.82) is 0 Å². The van der Waals surface area contributed by atoms with Crippen LogP contribution in [-0.4, -0.2) is 11.7 Å². The summed E-state index contributed by atoms with van der Waals surface area (Å²) in [5.41, 5.74) is 0.386. The van der Waals surface area contributed by atoms with E-state index in [-0.39, 0.29) is 18.8 Å². The minimum absolute atomic E-state index is 0.0827. The largest absolute Gasteiger partial charge is 0.396 e. The first-order chi connectivity index (χ1) is 5.25. The van der Waals surface area contributed by atoms with E-state index >= 15 is 0 Å². The second-order valence-corrected chi connectivity index (χ2v) is 2.58. The summed E-state index contributed by atoms with van der Waals surface area (Å²) in [5.74, 6) is -0.355. The predicted octanol–water partition coefficient (Wildman–Crippen LogP) is 2.01. The lowest BCUT2D eigenvalue weighted by atomic mass is 10.1. The molecule has 0 atom stereocenters. The van der Waals surface area contributed by atoms with E-state index in [2.05, 4.69) is 0 Å². The molecule has 0 amide bonds. The quantitative estimate of drug-likeness (QED) is 0.728. The van der Waals surface area contributed by atoms with E-state index in [1.54, 1.807) is 12.1 Å². The van der Waals surface area contributed by atoms with Crippen LogP contribution in [0.25, 0.3) is 0 Å². The van der Waals surface area contributed by atoms with E-state index in [9.17, 15) is 4.39 Å². The van der Waals surface area contributed by atoms with E-state index in [1.165, 1.54) is 6.07 Å². The van der Waals surface area contributed by atoms with Crippen molar-refractivity contribution in [1.82, 2.24) is 0 Å². The van der Waals surface area contributed by atoms with Gasteiger partial charge in [0.2, 0.25) is 0 Å². The van der Waals surface area contributed by atoms with E-state index in [0.717, 1.165) is 0 Å². The van der Waals surface area contributed by atoms with Crippen LogP contribution in [0, 0.1) is 5.82 Å². The van der Waals surface area contributed by atoms with Gasteiger partial charge in [-0.05, 0) is 18.6 Å². The number of rotatable bonds is 2. The Labute approximate surface area is 69.4 Å². The first kappa shape index (κ1) is 8.50. The molecular weight excluding hydrogens is 167 g/mol. The van der Waals surface area contributed by atoms with Crippen LogP contribution in [0.3, 0.4) is 0 Å². The number of hydrogen-bond acceptors (Lipinski definition) is 1. The fourth-order valence-electron chi connectivity index (χ4n) is 0.883. The van der Waals surface area contributed by atoms with Gasteiger partial charge in [-0.2, -0.15) is 0 Å². The molecule has 0 saturated carbocycles. The van der Waals surface area contributed by atoms with Crippen molar-refractivity contribution in [3.63, 3.8) is 0 Å². The van der Waals surface area contributed by atoms with Crippen LogP contribution in [0.15, 0.2) is 18.2 Å². The Kier molecular flexibility index (Phi) is 2.85. The lowest BCUT2D eigenvalue weighted by Crippen LogP contribution is -1.95. The summed E-state index contributed by atoms with van der Waals surface area (Å²) < 4.78 is 12.8. The number of aliphatic hydroxyl groups excluding tert-OH is 1. The predicted molar refractivity (Wildman–Crippen MR) is 42.2 cm³/mol. The fourth-order valence-corrected chi connectivity index (χ4v) is 1.14. The van der Waals surface area contributed by atoms with Gasteiger partial charge in [0.25, 0.3) is 0 Å². The Bertz CT molecular complexity index is 230. The van der Waals surface area contributed by atoms with E-state index in [4.69, 9.17) is 16.7 Å². The molecule has 0 spiro atoms. The number of benzene rings is 1. The minimum atomic E-state index is -0.355. The molecule has 60 valence electrons. The smallest absolute Gasteiger partial charge is 0.127 e. The van der Waals surface area contributed by atoms with Crippen molar-refractivity contribution in [2.24, 2.45) is 0 Å². The molecule has 0 aliphatic heterocycles. The van der Waals surface area contributed by atoms with Crippen molar-refractivity contribution in [2.75, 3.05) is 6.61 Å². The molecular formula is C8H8ClFO. The molecule has 11 heavy (non-hydrogen) atoms. The highest BCUT2D eigenvalue weighted by Gasteiger charge is 2.04. The van der Waals surface area contributed by atoms with Crippen LogP contribution in [0.2, 0.25) is 5.02 Å². The normalized spacial score (nSPS) is 10.1. The first-order valence-electron chi connectivity index (χ1n) is 3.29. The van der Waals surface area contributed by atoms with Gasteiger partial charge in [0, 0.05) is 17.2 Å². The van der Waals surface area contributed by atoms with E-state index in [1.807, 2.05) is 0 Å². The maximum Gasteiger partial charge on any atom is 0.127 e. The van der Waals surface area contributed by atoms with E-state index in [0.29, 0.717) is 10.6 Å². The topological polar surface area (TPSA) is 20.2 Å². The van der Waals surface area contributed by atoms with Gasteiger partial charge in [0.15, 0.2) is 0 Å². The number of aliphatic hydroxyl groups is 1. The molecule has 0 aromatic heterocycles. The Morgan fingerprint density at radius 2 is 2.18 bits per heavy atom. The highest BCUT2D eigenvalue weighted by atomic mass is 35.5. The summed E-state index contributed by atoms with van der Waals surface area (Å²) in [6.07, 6.45) is 0.269. The lowest BCUT2D eigenvalue weighted by Gasteiger charge is -2.01. The van der Waals surface area contributed by atoms with Crippen LogP contribution < -0.4 is 0 Å². The molecule has 0 heterocycles. The summed E-state index contributed by atoms with van der Waals surface area (Å²) in [7, 11) is 0. The van der Waals surface area contributed by atoms with Crippen LogP contribution in [0.1, 0.15) is 5.56 Å². The van der Waals surface area contributed by atoms with Gasteiger partial charge in [-0.3, -0.25) is 0 Å². The summed E-state index contributed by atoms with van der Waals surface area (Å²) >= 11 is 5.66. The average Bonchev–Trinajstić information content (AvgIpc) is 1.97. The second kappa shape index (κ2) is 3.69. The van der Waals surface area contributed by atoms with Crippen molar-refractivity contribution >= 4 is 11.6 Å². The fraction of sp³-hybridized carbons (Fsp3) is 0.250. The Balaban J connectivity index is 3.00. The third-order valence-corrected chi connectivity index (χ3v) is 1.78. The van der Waals surface area contributed by atoms with Gasteiger partial charge in [0.1, 0.15) is 5.82 Å². The van der Waals surface area contributed by atoms with Crippen molar-refractivity contribution < 1.29 is 9.50 Å². The lowest BCUT2D eigenvalue weighted by molar-refractivity contribution is 0.297. The molecule has 0 aliphatic carbocycles. The summed E-state index contributed by atoms with van der Waals surface area (Å²) in [6.45, 7) is -0.0827. The molecule has 0 unspecified atom stereocenters. The third kappa shape index (κ3) is 1.91. The minimum Gasteiger partial charge on any atom is -0.396 e. The Hall–Kier alpha value is -0.600. The second-order valence-electron chi connectivity index (χ2n) is 2.17. The summed E-state index contributed by atoms with van der Waals surface area (Å²) in [5, 5.41) is 8.92. The highest BCUT2D eigenvalue weighted by Crippen LogP contribution is 2.18. The van der Waals surface area contributed by atoms with Gasteiger partial charge in [-0.15, -0.1) is 0 Å².